The highest BCUT2D eigenvalue weighted by atomic mass is 16.7. The van der Waals surface area contributed by atoms with E-state index in [1.165, 1.54) is 6.42 Å². The number of nitrogens with one attached hydrogen (secondary N) is 2. The van der Waals surface area contributed by atoms with Gasteiger partial charge in [-0.1, -0.05) is 55.2 Å². The van der Waals surface area contributed by atoms with Gasteiger partial charge in [0.25, 0.3) is 0 Å². The Kier molecular flexibility index (Phi) is 9.13. The Morgan fingerprint density at radius 1 is 0.951 bits per heavy atom. The number of fused-ring (bicyclic) bond motifs is 1. The maximum atomic E-state index is 14.0. The van der Waals surface area contributed by atoms with Crippen molar-refractivity contribution < 1.29 is 23.9 Å². The second-order valence-electron chi connectivity index (χ2n) is 10.6. The van der Waals surface area contributed by atoms with Crippen LogP contribution in [0.25, 0.3) is 0 Å². The third-order valence-corrected chi connectivity index (χ3v) is 7.48. The van der Waals surface area contributed by atoms with Crippen LogP contribution in [0.4, 0.5) is 11.5 Å². The maximum absolute atomic E-state index is 14.0. The second kappa shape index (κ2) is 13.3. The van der Waals surface area contributed by atoms with E-state index in [-0.39, 0.29) is 43.4 Å². The Morgan fingerprint density at radius 3 is 2.49 bits per heavy atom. The molecule has 1 saturated carbocycles. The zero-order valence-electron chi connectivity index (χ0n) is 23.3. The van der Waals surface area contributed by atoms with Gasteiger partial charge in [-0.3, -0.25) is 19.3 Å². The molecule has 2 heterocycles. The van der Waals surface area contributed by atoms with Crippen LogP contribution in [0.5, 0.6) is 11.5 Å². The van der Waals surface area contributed by atoms with Crippen molar-refractivity contribution in [3.05, 3.63) is 78.0 Å². The number of amides is 3. The molecule has 1 aliphatic heterocycles. The van der Waals surface area contributed by atoms with Crippen LogP contribution in [0.15, 0.2) is 66.9 Å². The lowest BCUT2D eigenvalue weighted by Crippen LogP contribution is -2.47. The highest BCUT2D eigenvalue weighted by Gasteiger charge is 2.34. The molecular weight excluding hydrogens is 520 g/mol. The molecule has 1 aromatic heterocycles. The lowest BCUT2D eigenvalue weighted by Gasteiger charge is -2.33. The summed E-state index contributed by atoms with van der Waals surface area (Å²) in [5.74, 6) is 0.857. The third-order valence-electron chi connectivity index (χ3n) is 7.48. The lowest BCUT2D eigenvalue weighted by molar-refractivity contribution is -0.127. The van der Waals surface area contributed by atoms with E-state index in [0.717, 1.165) is 31.2 Å². The predicted octanol–water partition coefficient (Wildman–Crippen LogP) is 5.45. The normalized spacial score (nSPS) is 15.1. The first-order valence-electron chi connectivity index (χ1n) is 14.3. The van der Waals surface area contributed by atoms with E-state index in [2.05, 4.69) is 15.6 Å². The van der Waals surface area contributed by atoms with Crippen LogP contribution in [-0.4, -0.2) is 35.5 Å². The van der Waals surface area contributed by atoms with Crippen molar-refractivity contribution in [3.63, 3.8) is 0 Å². The number of carbonyl (C=O) groups excluding carboxylic acids is 3. The number of pyridine rings is 1. The number of aromatic nitrogens is 1. The minimum atomic E-state index is -0.896. The van der Waals surface area contributed by atoms with Crippen LogP contribution < -0.4 is 25.0 Å². The first kappa shape index (κ1) is 28.1. The van der Waals surface area contributed by atoms with E-state index in [4.69, 9.17) is 9.47 Å². The van der Waals surface area contributed by atoms with E-state index >= 15 is 0 Å². The van der Waals surface area contributed by atoms with Gasteiger partial charge in [0.15, 0.2) is 11.5 Å². The molecule has 2 aliphatic rings. The van der Waals surface area contributed by atoms with E-state index in [9.17, 15) is 14.4 Å². The number of benzene rings is 2. The molecule has 0 spiro atoms. The van der Waals surface area contributed by atoms with Crippen LogP contribution in [-0.2, 0) is 14.4 Å². The molecule has 3 aromatic rings. The molecule has 0 radical (unpaired) electrons. The smallest absolute Gasteiger partial charge is 0.248 e. The standard InChI is InChI=1S/C32H36N4O5/c1-22-13-15-23(16-14-22)31(32(39)34-24-8-3-2-4-9-24)36(25-17-18-26-27(20-25)41-21-40-26)30(38)12-7-11-29(37)35-28-10-5-6-19-33-28/h5-6,10,13-20,24,31H,2-4,7-9,11-12,21H2,1H3,(H,34,39)(H,33,35,37). The largest absolute Gasteiger partial charge is 0.454 e. The summed E-state index contributed by atoms with van der Waals surface area (Å²) in [5, 5.41) is 5.98. The molecule has 214 valence electrons. The number of hydrogen-bond acceptors (Lipinski definition) is 6. The lowest BCUT2D eigenvalue weighted by atomic mass is 9.94. The summed E-state index contributed by atoms with van der Waals surface area (Å²) in [6, 6.07) is 17.4. The molecule has 5 rings (SSSR count). The minimum Gasteiger partial charge on any atom is -0.454 e. The van der Waals surface area contributed by atoms with Gasteiger partial charge in [0.05, 0.1) is 0 Å². The van der Waals surface area contributed by atoms with Gasteiger partial charge in [-0.05, 0) is 56.0 Å². The minimum absolute atomic E-state index is 0.0726. The zero-order chi connectivity index (χ0) is 28.6. The van der Waals surface area contributed by atoms with Crippen molar-refractivity contribution in [3.8, 4) is 11.5 Å². The Bertz CT molecular complexity index is 1360. The summed E-state index contributed by atoms with van der Waals surface area (Å²) in [4.78, 5) is 46.2. The van der Waals surface area contributed by atoms with Gasteiger partial charge in [0.1, 0.15) is 11.9 Å². The number of aryl methyl sites for hydroxylation is 1. The summed E-state index contributed by atoms with van der Waals surface area (Å²) < 4.78 is 11.1. The van der Waals surface area contributed by atoms with Gasteiger partial charge in [-0.2, -0.15) is 0 Å². The van der Waals surface area contributed by atoms with Crippen molar-refractivity contribution in [2.24, 2.45) is 0 Å². The molecule has 1 atom stereocenters. The summed E-state index contributed by atoms with van der Waals surface area (Å²) in [7, 11) is 0. The zero-order valence-corrected chi connectivity index (χ0v) is 23.3. The topological polar surface area (TPSA) is 110 Å². The van der Waals surface area contributed by atoms with Gasteiger partial charge in [-0.25, -0.2) is 4.98 Å². The van der Waals surface area contributed by atoms with Crippen molar-refractivity contribution in [2.45, 2.75) is 70.4 Å². The van der Waals surface area contributed by atoms with Gasteiger partial charge in [0, 0.05) is 36.8 Å². The fourth-order valence-corrected chi connectivity index (χ4v) is 5.33. The maximum Gasteiger partial charge on any atom is 0.248 e. The molecule has 1 aliphatic carbocycles. The predicted molar refractivity (Wildman–Crippen MR) is 156 cm³/mol. The molecule has 1 fully saturated rings. The molecule has 9 heteroatoms. The summed E-state index contributed by atoms with van der Waals surface area (Å²) in [6.07, 6.45) is 7.30. The number of rotatable bonds is 10. The molecule has 2 N–H and O–H groups in total. The van der Waals surface area contributed by atoms with E-state index in [1.54, 1.807) is 47.5 Å². The molecule has 9 nitrogen and oxygen atoms in total. The average molecular weight is 557 g/mol. The Balaban J connectivity index is 1.40. The van der Waals surface area contributed by atoms with Crippen LogP contribution in [0.1, 0.15) is 68.5 Å². The highest BCUT2D eigenvalue weighted by Crippen LogP contribution is 2.38. The van der Waals surface area contributed by atoms with Crippen molar-refractivity contribution >= 4 is 29.2 Å². The van der Waals surface area contributed by atoms with Gasteiger partial charge in [0.2, 0.25) is 24.5 Å². The molecule has 41 heavy (non-hydrogen) atoms. The van der Waals surface area contributed by atoms with Crippen LogP contribution in [0, 0.1) is 6.92 Å². The molecular formula is C32H36N4O5. The van der Waals surface area contributed by atoms with Crippen LogP contribution in [0.3, 0.4) is 0 Å². The highest BCUT2D eigenvalue weighted by molar-refractivity contribution is 6.02. The van der Waals surface area contributed by atoms with Crippen molar-refractivity contribution in [2.75, 3.05) is 17.0 Å². The Labute approximate surface area is 240 Å². The van der Waals surface area contributed by atoms with E-state index in [0.29, 0.717) is 35.0 Å². The Hall–Kier alpha value is -4.40. The average Bonchev–Trinajstić information content (AvgIpc) is 3.45. The molecule has 2 aromatic carbocycles. The monoisotopic (exact) mass is 556 g/mol. The SMILES string of the molecule is Cc1ccc(C(C(=O)NC2CCCCC2)N(C(=O)CCCC(=O)Nc2ccccn2)c2ccc3c(c2)OCO3)cc1. The van der Waals surface area contributed by atoms with Crippen molar-refractivity contribution in [1.29, 1.82) is 0 Å². The first-order chi connectivity index (χ1) is 20.0. The van der Waals surface area contributed by atoms with Crippen LogP contribution in [0.2, 0.25) is 0 Å². The molecule has 3 amide bonds. The number of anilines is 2. The number of hydrogen-bond donors (Lipinski definition) is 2. The first-order valence-corrected chi connectivity index (χ1v) is 14.3. The fraction of sp³-hybridized carbons (Fsp3) is 0.375. The van der Waals surface area contributed by atoms with Gasteiger partial charge in [-0.15, -0.1) is 0 Å². The fourth-order valence-electron chi connectivity index (χ4n) is 5.33. The number of ether oxygens (including phenoxy) is 2. The van der Waals surface area contributed by atoms with E-state index < -0.39 is 6.04 Å². The Morgan fingerprint density at radius 2 is 1.73 bits per heavy atom. The second-order valence-corrected chi connectivity index (χ2v) is 10.6. The summed E-state index contributed by atoms with van der Waals surface area (Å²) in [5.41, 5.74) is 2.30. The quantitative estimate of drug-likeness (QED) is 0.344. The van der Waals surface area contributed by atoms with Gasteiger partial charge >= 0.3 is 0 Å². The van der Waals surface area contributed by atoms with Crippen molar-refractivity contribution in [1.82, 2.24) is 10.3 Å². The van der Waals surface area contributed by atoms with E-state index in [1.807, 2.05) is 31.2 Å². The molecule has 0 saturated heterocycles. The third kappa shape index (κ3) is 7.22. The number of carbonyl (C=O) groups is 3. The number of nitrogens with zero attached hydrogens (tertiary/aromatic N) is 2. The summed E-state index contributed by atoms with van der Waals surface area (Å²) in [6.45, 7) is 2.08. The van der Waals surface area contributed by atoms with Gasteiger partial charge < -0.3 is 20.1 Å². The summed E-state index contributed by atoms with van der Waals surface area (Å²) >= 11 is 0. The molecule has 0 bridgehead atoms. The molecule has 1 unspecified atom stereocenters. The van der Waals surface area contributed by atoms with Crippen LogP contribution >= 0.6 is 0 Å².